The molecule has 5 heteroatoms. The summed E-state index contributed by atoms with van der Waals surface area (Å²) < 4.78 is 5.21. The zero-order chi connectivity index (χ0) is 16.5. The van der Waals surface area contributed by atoms with Crippen molar-refractivity contribution in [2.75, 3.05) is 25.5 Å². The van der Waals surface area contributed by atoms with Gasteiger partial charge in [0.1, 0.15) is 5.75 Å². The Balaban J connectivity index is 1.67. The molecular weight excluding hydrogens is 312 g/mol. The molecule has 23 heavy (non-hydrogen) atoms. The number of nitrogens with one attached hydrogen (secondary N) is 2. The van der Waals surface area contributed by atoms with Crippen LogP contribution in [-0.4, -0.2) is 26.1 Å². The van der Waals surface area contributed by atoms with Crippen LogP contribution in [0.25, 0.3) is 0 Å². The summed E-state index contributed by atoms with van der Waals surface area (Å²) >= 11 is 5.94. The van der Waals surface area contributed by atoms with Gasteiger partial charge in [0, 0.05) is 18.0 Å². The van der Waals surface area contributed by atoms with E-state index in [1.165, 1.54) is 5.56 Å². The van der Waals surface area contributed by atoms with Crippen molar-refractivity contribution in [3.8, 4) is 5.75 Å². The van der Waals surface area contributed by atoms with Gasteiger partial charge in [-0.1, -0.05) is 35.9 Å². The molecule has 122 valence electrons. The van der Waals surface area contributed by atoms with Crippen molar-refractivity contribution in [3.05, 3.63) is 59.1 Å². The van der Waals surface area contributed by atoms with Gasteiger partial charge in [-0.05, 0) is 42.8 Å². The molecule has 0 aliphatic carbocycles. The minimum atomic E-state index is -0.0373. The van der Waals surface area contributed by atoms with Gasteiger partial charge >= 0.3 is 0 Å². The Bertz CT molecular complexity index is 646. The summed E-state index contributed by atoms with van der Waals surface area (Å²) in [4.78, 5) is 11.9. The number of amides is 1. The van der Waals surface area contributed by atoms with Crippen LogP contribution in [0.2, 0.25) is 5.02 Å². The van der Waals surface area contributed by atoms with E-state index in [1.807, 2.05) is 48.5 Å². The molecule has 4 nitrogen and oxygen atoms in total. The lowest BCUT2D eigenvalue weighted by Gasteiger charge is -2.10. The zero-order valence-electron chi connectivity index (χ0n) is 13.1. The first-order valence-electron chi connectivity index (χ1n) is 7.57. The number of carbonyl (C=O) groups excluding carboxylic acids is 1. The van der Waals surface area contributed by atoms with Crippen molar-refractivity contribution in [3.63, 3.8) is 0 Å². The molecule has 0 heterocycles. The SMILES string of the molecule is COc1ccccc1NC(=O)CCNCCc1cccc(Cl)c1. The number of methoxy groups -OCH3 is 1. The second-order valence-electron chi connectivity index (χ2n) is 5.13. The summed E-state index contributed by atoms with van der Waals surface area (Å²) in [6.45, 7) is 1.43. The van der Waals surface area contributed by atoms with E-state index in [0.717, 1.165) is 18.0 Å². The Morgan fingerprint density at radius 2 is 1.96 bits per heavy atom. The van der Waals surface area contributed by atoms with E-state index in [9.17, 15) is 4.79 Å². The molecule has 0 aromatic heterocycles. The van der Waals surface area contributed by atoms with Crippen LogP contribution in [0.1, 0.15) is 12.0 Å². The van der Waals surface area contributed by atoms with Crippen LogP contribution in [0, 0.1) is 0 Å². The Kier molecular flexibility index (Phi) is 6.91. The van der Waals surface area contributed by atoms with Crippen molar-refractivity contribution in [2.45, 2.75) is 12.8 Å². The van der Waals surface area contributed by atoms with Crippen LogP contribution < -0.4 is 15.4 Å². The summed E-state index contributed by atoms with van der Waals surface area (Å²) in [6.07, 6.45) is 1.29. The molecule has 0 fully saturated rings. The first-order valence-corrected chi connectivity index (χ1v) is 7.95. The van der Waals surface area contributed by atoms with E-state index in [1.54, 1.807) is 7.11 Å². The molecule has 1 amide bonds. The lowest BCUT2D eigenvalue weighted by Crippen LogP contribution is -2.23. The predicted octanol–water partition coefficient (Wildman–Crippen LogP) is 3.51. The lowest BCUT2D eigenvalue weighted by atomic mass is 10.1. The van der Waals surface area contributed by atoms with Gasteiger partial charge in [-0.3, -0.25) is 4.79 Å². The number of anilines is 1. The molecule has 0 radical (unpaired) electrons. The van der Waals surface area contributed by atoms with Crippen molar-refractivity contribution in [1.29, 1.82) is 0 Å². The molecule has 0 aliphatic rings. The number of rotatable bonds is 8. The van der Waals surface area contributed by atoms with E-state index in [4.69, 9.17) is 16.3 Å². The second kappa shape index (κ2) is 9.18. The van der Waals surface area contributed by atoms with Crippen molar-refractivity contribution < 1.29 is 9.53 Å². The first-order chi connectivity index (χ1) is 11.2. The van der Waals surface area contributed by atoms with Gasteiger partial charge in [-0.2, -0.15) is 0 Å². The summed E-state index contributed by atoms with van der Waals surface area (Å²) in [7, 11) is 1.59. The maximum Gasteiger partial charge on any atom is 0.225 e. The topological polar surface area (TPSA) is 50.4 Å². The molecule has 0 aliphatic heterocycles. The Morgan fingerprint density at radius 1 is 1.13 bits per heavy atom. The highest BCUT2D eigenvalue weighted by Crippen LogP contribution is 2.22. The van der Waals surface area contributed by atoms with E-state index >= 15 is 0 Å². The minimum Gasteiger partial charge on any atom is -0.495 e. The molecule has 0 bridgehead atoms. The highest BCUT2D eigenvalue weighted by atomic mass is 35.5. The number of hydrogen-bond acceptors (Lipinski definition) is 3. The number of carbonyl (C=O) groups is 1. The maximum absolute atomic E-state index is 11.9. The molecule has 2 aromatic carbocycles. The van der Waals surface area contributed by atoms with Crippen LogP contribution in [0.3, 0.4) is 0 Å². The standard InChI is InChI=1S/C18H21ClN2O2/c1-23-17-8-3-2-7-16(17)21-18(22)10-12-20-11-9-14-5-4-6-15(19)13-14/h2-8,13,20H,9-12H2,1H3,(H,21,22). The fourth-order valence-electron chi connectivity index (χ4n) is 2.21. The van der Waals surface area contributed by atoms with Crippen LogP contribution in [-0.2, 0) is 11.2 Å². The minimum absolute atomic E-state index is 0.0373. The predicted molar refractivity (Wildman–Crippen MR) is 94.3 cm³/mol. The largest absolute Gasteiger partial charge is 0.495 e. The average molecular weight is 333 g/mol. The van der Waals surface area contributed by atoms with Gasteiger partial charge < -0.3 is 15.4 Å². The third kappa shape index (κ3) is 5.93. The van der Waals surface area contributed by atoms with Gasteiger partial charge in [0.2, 0.25) is 5.91 Å². The quantitative estimate of drug-likeness (QED) is 0.727. The Labute approximate surface area is 141 Å². The fraction of sp³-hybridized carbons (Fsp3) is 0.278. The molecule has 0 saturated heterocycles. The molecule has 0 saturated carbocycles. The second-order valence-corrected chi connectivity index (χ2v) is 5.56. The molecule has 0 unspecified atom stereocenters. The highest BCUT2D eigenvalue weighted by Gasteiger charge is 2.06. The number of para-hydroxylation sites is 2. The Hall–Kier alpha value is -2.04. The summed E-state index contributed by atoms with van der Waals surface area (Å²) in [5, 5.41) is 6.87. The Morgan fingerprint density at radius 3 is 2.74 bits per heavy atom. The van der Waals surface area contributed by atoms with E-state index in [-0.39, 0.29) is 5.91 Å². The van der Waals surface area contributed by atoms with Crippen molar-refractivity contribution in [1.82, 2.24) is 5.32 Å². The molecule has 0 atom stereocenters. The van der Waals surface area contributed by atoms with Crippen LogP contribution >= 0.6 is 11.6 Å². The zero-order valence-corrected chi connectivity index (χ0v) is 13.9. The smallest absolute Gasteiger partial charge is 0.225 e. The van der Waals surface area contributed by atoms with Gasteiger partial charge in [0.25, 0.3) is 0 Å². The molecule has 0 spiro atoms. The normalized spacial score (nSPS) is 10.3. The number of ether oxygens (including phenoxy) is 1. The maximum atomic E-state index is 11.9. The molecule has 2 N–H and O–H groups in total. The third-order valence-electron chi connectivity index (χ3n) is 3.39. The van der Waals surface area contributed by atoms with E-state index in [2.05, 4.69) is 10.6 Å². The van der Waals surface area contributed by atoms with Crippen molar-refractivity contribution >= 4 is 23.2 Å². The first kappa shape index (κ1) is 17.3. The number of halogens is 1. The summed E-state index contributed by atoms with van der Waals surface area (Å²) in [6, 6.07) is 15.2. The number of hydrogen-bond donors (Lipinski definition) is 2. The van der Waals surface area contributed by atoms with E-state index in [0.29, 0.717) is 24.4 Å². The van der Waals surface area contributed by atoms with Gasteiger partial charge in [0.15, 0.2) is 0 Å². The van der Waals surface area contributed by atoms with Gasteiger partial charge in [-0.15, -0.1) is 0 Å². The molecular formula is C18H21ClN2O2. The summed E-state index contributed by atoms with van der Waals surface area (Å²) in [5.41, 5.74) is 1.88. The molecule has 2 aromatic rings. The van der Waals surface area contributed by atoms with Gasteiger partial charge in [-0.25, -0.2) is 0 Å². The summed E-state index contributed by atoms with van der Waals surface area (Å²) in [5.74, 6) is 0.625. The van der Waals surface area contributed by atoms with Crippen LogP contribution in [0.5, 0.6) is 5.75 Å². The molecule has 2 rings (SSSR count). The van der Waals surface area contributed by atoms with Crippen LogP contribution in [0.15, 0.2) is 48.5 Å². The third-order valence-corrected chi connectivity index (χ3v) is 3.62. The lowest BCUT2D eigenvalue weighted by molar-refractivity contribution is -0.116. The fourth-order valence-corrected chi connectivity index (χ4v) is 2.43. The highest BCUT2D eigenvalue weighted by molar-refractivity contribution is 6.30. The van der Waals surface area contributed by atoms with Crippen LogP contribution in [0.4, 0.5) is 5.69 Å². The van der Waals surface area contributed by atoms with Gasteiger partial charge in [0.05, 0.1) is 12.8 Å². The van der Waals surface area contributed by atoms with E-state index < -0.39 is 0 Å². The number of benzene rings is 2. The average Bonchev–Trinajstić information content (AvgIpc) is 2.55. The van der Waals surface area contributed by atoms with Crippen molar-refractivity contribution in [2.24, 2.45) is 0 Å². The monoisotopic (exact) mass is 332 g/mol.